The normalized spacial score (nSPS) is 20.3. The zero-order valence-corrected chi connectivity index (χ0v) is 11.0. The van der Waals surface area contributed by atoms with Gasteiger partial charge in [0.05, 0.1) is 5.75 Å². The van der Waals surface area contributed by atoms with E-state index in [4.69, 9.17) is 11.6 Å². The molecule has 0 aromatic carbocycles. The predicted octanol–water partition coefficient (Wildman–Crippen LogP) is 2.11. The number of rotatable bonds is 6. The summed E-state index contributed by atoms with van der Waals surface area (Å²) < 4.78 is 26.2. The zero-order chi connectivity index (χ0) is 11.5. The van der Waals surface area contributed by atoms with Gasteiger partial charge in [0.2, 0.25) is 10.0 Å². The van der Waals surface area contributed by atoms with Gasteiger partial charge >= 0.3 is 0 Å². The fraction of sp³-hybridized carbons (Fsp3) is 1.00. The molecule has 0 unspecified atom stereocenters. The highest BCUT2D eigenvalue weighted by molar-refractivity contribution is 7.89. The molecular formula is C10H20ClNO2S. The lowest BCUT2D eigenvalue weighted by atomic mass is 9.79. The van der Waals surface area contributed by atoms with Crippen LogP contribution < -0.4 is 4.72 Å². The molecule has 0 heterocycles. The van der Waals surface area contributed by atoms with Gasteiger partial charge in [0, 0.05) is 11.4 Å². The van der Waals surface area contributed by atoms with Gasteiger partial charge in [-0.25, -0.2) is 13.1 Å². The van der Waals surface area contributed by atoms with Crippen LogP contribution in [-0.2, 0) is 10.0 Å². The highest BCUT2D eigenvalue weighted by Gasteiger charge is 2.39. The van der Waals surface area contributed by atoms with Crippen molar-refractivity contribution in [3.63, 3.8) is 0 Å². The van der Waals surface area contributed by atoms with Crippen LogP contribution in [0, 0.1) is 5.92 Å². The summed E-state index contributed by atoms with van der Waals surface area (Å²) in [6.45, 7) is 4.05. The second-order valence-corrected chi connectivity index (χ2v) is 6.98. The molecule has 0 aromatic rings. The molecule has 1 aliphatic carbocycles. The van der Waals surface area contributed by atoms with Gasteiger partial charge in [-0.1, -0.05) is 13.8 Å². The van der Waals surface area contributed by atoms with E-state index in [0.29, 0.717) is 18.2 Å². The largest absolute Gasteiger partial charge is 0.212 e. The summed E-state index contributed by atoms with van der Waals surface area (Å²) in [7, 11) is -3.14. The number of sulfonamides is 1. The van der Waals surface area contributed by atoms with Crippen molar-refractivity contribution < 1.29 is 8.42 Å². The summed E-state index contributed by atoms with van der Waals surface area (Å²) in [5.74, 6) is 1.01. The van der Waals surface area contributed by atoms with Crippen LogP contribution >= 0.6 is 11.6 Å². The summed E-state index contributed by atoms with van der Waals surface area (Å²) in [5, 5.41) is 0. The van der Waals surface area contributed by atoms with E-state index in [0.717, 1.165) is 19.3 Å². The van der Waals surface area contributed by atoms with Crippen molar-refractivity contribution in [1.82, 2.24) is 4.72 Å². The molecule has 0 spiro atoms. The minimum atomic E-state index is -3.14. The first-order chi connectivity index (χ1) is 6.89. The van der Waals surface area contributed by atoms with E-state index >= 15 is 0 Å². The SMILES string of the molecule is CC(C)CCS(=O)(=O)NC1(CCl)CCC1. The van der Waals surface area contributed by atoms with Gasteiger partial charge in [0.1, 0.15) is 0 Å². The molecule has 15 heavy (non-hydrogen) atoms. The monoisotopic (exact) mass is 253 g/mol. The Balaban J connectivity index is 2.48. The van der Waals surface area contributed by atoms with Crippen molar-refractivity contribution in [3.8, 4) is 0 Å². The summed E-state index contributed by atoms with van der Waals surface area (Å²) >= 11 is 5.80. The van der Waals surface area contributed by atoms with Gasteiger partial charge in [0.15, 0.2) is 0 Å². The second kappa shape index (κ2) is 5.02. The molecule has 5 heteroatoms. The Labute approximate surface area is 97.6 Å². The number of halogens is 1. The fourth-order valence-corrected chi connectivity index (χ4v) is 3.87. The van der Waals surface area contributed by atoms with Crippen molar-refractivity contribution >= 4 is 21.6 Å². The molecule has 1 saturated carbocycles. The third-order valence-corrected chi connectivity index (χ3v) is 4.93. The van der Waals surface area contributed by atoms with Crippen molar-refractivity contribution in [2.45, 2.75) is 45.1 Å². The molecule has 0 atom stereocenters. The smallest absolute Gasteiger partial charge is 0.212 e. The average Bonchev–Trinajstić information content (AvgIpc) is 2.09. The molecule has 1 N–H and O–H groups in total. The second-order valence-electron chi connectivity index (χ2n) is 4.87. The van der Waals surface area contributed by atoms with Crippen LogP contribution in [0.1, 0.15) is 39.5 Å². The van der Waals surface area contributed by atoms with Crippen molar-refractivity contribution in [3.05, 3.63) is 0 Å². The van der Waals surface area contributed by atoms with Crippen LogP contribution in [0.5, 0.6) is 0 Å². The molecule has 0 amide bonds. The first kappa shape index (κ1) is 13.3. The Bertz CT molecular complexity index is 291. The van der Waals surface area contributed by atoms with E-state index in [1.165, 1.54) is 0 Å². The first-order valence-corrected chi connectivity index (χ1v) is 7.65. The highest BCUT2D eigenvalue weighted by atomic mass is 35.5. The molecule has 0 saturated heterocycles. The van der Waals surface area contributed by atoms with Gasteiger partial charge in [-0.05, 0) is 31.6 Å². The molecular weight excluding hydrogens is 234 g/mol. The Morgan fingerprint density at radius 3 is 2.33 bits per heavy atom. The maximum absolute atomic E-state index is 11.7. The molecule has 0 aliphatic heterocycles. The lowest BCUT2D eigenvalue weighted by molar-refractivity contribution is 0.252. The molecule has 1 fully saturated rings. The van der Waals surface area contributed by atoms with E-state index in [1.54, 1.807) is 0 Å². The lowest BCUT2D eigenvalue weighted by Gasteiger charge is -2.40. The minimum Gasteiger partial charge on any atom is -0.212 e. The van der Waals surface area contributed by atoms with Crippen LogP contribution in [0.2, 0.25) is 0 Å². The van der Waals surface area contributed by atoms with Crippen molar-refractivity contribution in [2.75, 3.05) is 11.6 Å². The van der Waals surface area contributed by atoms with Crippen LogP contribution in [0.3, 0.4) is 0 Å². The lowest BCUT2D eigenvalue weighted by Crippen LogP contribution is -2.55. The molecule has 0 aromatic heterocycles. The maximum atomic E-state index is 11.7. The Morgan fingerprint density at radius 2 is 2.00 bits per heavy atom. The van der Waals surface area contributed by atoms with E-state index in [9.17, 15) is 8.42 Å². The van der Waals surface area contributed by atoms with Gasteiger partial charge in [-0.3, -0.25) is 0 Å². The predicted molar refractivity (Wildman–Crippen MR) is 63.7 cm³/mol. The van der Waals surface area contributed by atoms with E-state index in [2.05, 4.69) is 4.72 Å². The van der Waals surface area contributed by atoms with Crippen LogP contribution in [-0.4, -0.2) is 25.6 Å². The quantitative estimate of drug-likeness (QED) is 0.737. The minimum absolute atomic E-state index is 0.212. The molecule has 90 valence electrons. The Hall–Kier alpha value is 0.200. The summed E-state index contributed by atoms with van der Waals surface area (Å²) in [5.41, 5.74) is -0.336. The third-order valence-electron chi connectivity index (χ3n) is 2.90. The standard InChI is InChI=1S/C10H20ClNO2S/c1-9(2)4-7-15(13,14)12-10(8-11)5-3-6-10/h9,12H,3-8H2,1-2H3. The molecule has 1 aliphatic rings. The van der Waals surface area contributed by atoms with Crippen LogP contribution in [0.15, 0.2) is 0 Å². The third kappa shape index (κ3) is 3.93. The zero-order valence-electron chi connectivity index (χ0n) is 9.42. The van der Waals surface area contributed by atoms with Gasteiger partial charge in [0.25, 0.3) is 0 Å². The molecule has 0 bridgehead atoms. The van der Waals surface area contributed by atoms with Gasteiger partial charge in [-0.2, -0.15) is 0 Å². The summed E-state index contributed by atoms with van der Waals surface area (Å²) in [6.07, 6.45) is 3.52. The number of hydrogen-bond acceptors (Lipinski definition) is 2. The first-order valence-electron chi connectivity index (χ1n) is 5.47. The van der Waals surface area contributed by atoms with E-state index in [1.807, 2.05) is 13.8 Å². The Morgan fingerprint density at radius 1 is 1.40 bits per heavy atom. The van der Waals surface area contributed by atoms with E-state index in [-0.39, 0.29) is 11.3 Å². The number of alkyl halides is 1. The Kier molecular flexibility index (Phi) is 4.44. The molecule has 3 nitrogen and oxygen atoms in total. The summed E-state index contributed by atoms with van der Waals surface area (Å²) in [6, 6.07) is 0. The van der Waals surface area contributed by atoms with Crippen LogP contribution in [0.25, 0.3) is 0 Å². The average molecular weight is 254 g/mol. The number of nitrogens with one attached hydrogen (secondary N) is 1. The van der Waals surface area contributed by atoms with Crippen molar-refractivity contribution in [2.24, 2.45) is 5.92 Å². The maximum Gasteiger partial charge on any atom is 0.212 e. The van der Waals surface area contributed by atoms with Gasteiger partial charge < -0.3 is 0 Å². The highest BCUT2D eigenvalue weighted by Crippen LogP contribution is 2.33. The summed E-state index contributed by atoms with van der Waals surface area (Å²) in [4.78, 5) is 0. The number of hydrogen-bond donors (Lipinski definition) is 1. The molecule has 0 radical (unpaired) electrons. The van der Waals surface area contributed by atoms with Crippen molar-refractivity contribution in [1.29, 1.82) is 0 Å². The van der Waals surface area contributed by atoms with Crippen LogP contribution in [0.4, 0.5) is 0 Å². The molecule has 1 rings (SSSR count). The van der Waals surface area contributed by atoms with E-state index < -0.39 is 10.0 Å². The topological polar surface area (TPSA) is 46.2 Å². The fourth-order valence-electron chi connectivity index (χ4n) is 1.64. The van der Waals surface area contributed by atoms with Gasteiger partial charge in [-0.15, -0.1) is 11.6 Å².